The summed E-state index contributed by atoms with van der Waals surface area (Å²) in [7, 11) is 0. The molecular formula is C24H27N7O5. The van der Waals surface area contributed by atoms with Crippen molar-refractivity contribution in [1.29, 1.82) is 0 Å². The van der Waals surface area contributed by atoms with E-state index in [-0.39, 0.29) is 18.3 Å². The number of nitrogens with one attached hydrogen (secondary N) is 1. The van der Waals surface area contributed by atoms with E-state index in [1.807, 2.05) is 17.6 Å². The molecule has 4 heterocycles. The summed E-state index contributed by atoms with van der Waals surface area (Å²) < 4.78 is 15.8. The standard InChI is InChI=1S/C24H27N7O5/c1-2-6-17(30-10-9-25-13-30)36-20-19(33)16(11-32)35-24(20)31-14-28-18-21(26-12-27-22(18)31)29-23(34)15-7-4-3-5-8-15/h3-5,7-10,12-14,16-17,19-20,24,32-33H,2,6,11H2,1H3,(H,26,27,29,34)/t16-,17?,19-,20-,24-/m1/s1. The lowest BCUT2D eigenvalue weighted by atomic mass is 10.1. The molecule has 0 saturated carbocycles. The number of aliphatic hydroxyl groups is 2. The van der Waals surface area contributed by atoms with Crippen LogP contribution < -0.4 is 5.32 Å². The maximum Gasteiger partial charge on any atom is 0.256 e. The zero-order chi connectivity index (χ0) is 25.1. The minimum absolute atomic E-state index is 0.240. The number of anilines is 1. The molecule has 12 heteroatoms. The molecule has 1 saturated heterocycles. The monoisotopic (exact) mass is 493 g/mol. The maximum absolute atomic E-state index is 12.7. The number of amides is 1. The molecule has 1 fully saturated rings. The van der Waals surface area contributed by atoms with Gasteiger partial charge in [-0.25, -0.2) is 19.9 Å². The number of ether oxygens (including phenoxy) is 2. The maximum atomic E-state index is 12.7. The number of carbonyl (C=O) groups excluding carboxylic acids is 1. The molecule has 0 radical (unpaired) electrons. The van der Waals surface area contributed by atoms with Crippen molar-refractivity contribution in [3.63, 3.8) is 0 Å². The minimum atomic E-state index is -1.10. The van der Waals surface area contributed by atoms with Crippen LogP contribution in [-0.4, -0.2) is 70.1 Å². The van der Waals surface area contributed by atoms with Crippen LogP contribution in [0.1, 0.15) is 42.6 Å². The first-order chi connectivity index (χ1) is 17.6. The van der Waals surface area contributed by atoms with Gasteiger partial charge in [-0.1, -0.05) is 31.5 Å². The number of rotatable bonds is 9. The van der Waals surface area contributed by atoms with Crippen molar-refractivity contribution in [3.8, 4) is 0 Å². The van der Waals surface area contributed by atoms with Crippen LogP contribution in [0.3, 0.4) is 0 Å². The van der Waals surface area contributed by atoms with Crippen LogP contribution in [0.5, 0.6) is 0 Å². The molecule has 1 amide bonds. The molecule has 188 valence electrons. The number of nitrogens with zero attached hydrogens (tertiary/aromatic N) is 6. The number of hydrogen-bond donors (Lipinski definition) is 3. The van der Waals surface area contributed by atoms with E-state index >= 15 is 0 Å². The van der Waals surface area contributed by atoms with Crippen LogP contribution in [0, 0.1) is 0 Å². The highest BCUT2D eigenvalue weighted by Crippen LogP contribution is 2.36. The second-order valence-corrected chi connectivity index (χ2v) is 8.46. The molecule has 1 aromatic carbocycles. The van der Waals surface area contributed by atoms with E-state index in [1.54, 1.807) is 47.6 Å². The lowest BCUT2D eigenvalue weighted by Gasteiger charge is -2.28. The highest BCUT2D eigenvalue weighted by atomic mass is 16.6. The van der Waals surface area contributed by atoms with Crippen LogP contribution in [0.2, 0.25) is 0 Å². The normalized spacial score (nSPS) is 22.6. The summed E-state index contributed by atoms with van der Waals surface area (Å²) in [4.78, 5) is 29.7. The number of imidazole rings is 2. The minimum Gasteiger partial charge on any atom is -0.394 e. The molecule has 5 rings (SSSR count). The van der Waals surface area contributed by atoms with Crippen molar-refractivity contribution in [2.75, 3.05) is 11.9 Å². The summed E-state index contributed by atoms with van der Waals surface area (Å²) in [6.07, 6.45) is 5.41. The van der Waals surface area contributed by atoms with Crippen LogP contribution in [0.4, 0.5) is 5.82 Å². The van der Waals surface area contributed by atoms with Gasteiger partial charge < -0.3 is 29.6 Å². The number of carbonyl (C=O) groups is 1. The molecule has 5 atom stereocenters. The molecule has 3 aromatic heterocycles. The SMILES string of the molecule is CCCC(O[C@@H]1[C@H](O)[C@@H](CO)O[C@H]1n1cnc2c(NC(=O)c3ccccc3)ncnc21)n1ccnc1. The van der Waals surface area contributed by atoms with Gasteiger partial charge in [0.15, 0.2) is 23.2 Å². The van der Waals surface area contributed by atoms with Crippen molar-refractivity contribution < 1.29 is 24.5 Å². The zero-order valence-electron chi connectivity index (χ0n) is 19.6. The number of aromatic nitrogens is 6. The summed E-state index contributed by atoms with van der Waals surface area (Å²) in [5.74, 6) is -0.0911. The molecule has 0 bridgehead atoms. The Morgan fingerprint density at radius 1 is 1.22 bits per heavy atom. The summed E-state index contributed by atoms with van der Waals surface area (Å²) >= 11 is 0. The van der Waals surface area contributed by atoms with Gasteiger partial charge >= 0.3 is 0 Å². The van der Waals surface area contributed by atoms with E-state index in [9.17, 15) is 15.0 Å². The second kappa shape index (κ2) is 10.5. The Morgan fingerprint density at radius 3 is 2.78 bits per heavy atom. The number of aliphatic hydroxyl groups excluding tert-OH is 2. The van der Waals surface area contributed by atoms with Crippen LogP contribution >= 0.6 is 0 Å². The molecule has 0 spiro atoms. The summed E-state index contributed by atoms with van der Waals surface area (Å²) in [5, 5.41) is 23.5. The van der Waals surface area contributed by atoms with E-state index in [4.69, 9.17) is 9.47 Å². The summed E-state index contributed by atoms with van der Waals surface area (Å²) in [6.45, 7) is 1.65. The van der Waals surface area contributed by atoms with E-state index in [0.717, 1.165) is 6.42 Å². The Morgan fingerprint density at radius 2 is 2.06 bits per heavy atom. The van der Waals surface area contributed by atoms with Crippen molar-refractivity contribution in [2.24, 2.45) is 0 Å². The van der Waals surface area contributed by atoms with Gasteiger partial charge in [-0.15, -0.1) is 0 Å². The van der Waals surface area contributed by atoms with Gasteiger partial charge in [0, 0.05) is 18.0 Å². The highest BCUT2D eigenvalue weighted by Gasteiger charge is 2.47. The Bertz CT molecular complexity index is 1300. The Hall–Kier alpha value is -3.71. The molecule has 12 nitrogen and oxygen atoms in total. The third kappa shape index (κ3) is 4.58. The smallest absolute Gasteiger partial charge is 0.256 e. The lowest BCUT2D eigenvalue weighted by molar-refractivity contribution is -0.127. The van der Waals surface area contributed by atoms with Gasteiger partial charge in [0.05, 0.1) is 19.3 Å². The number of benzene rings is 1. The summed E-state index contributed by atoms with van der Waals surface area (Å²) in [6, 6.07) is 8.77. The molecule has 4 aromatic rings. The zero-order valence-corrected chi connectivity index (χ0v) is 19.6. The molecule has 36 heavy (non-hydrogen) atoms. The van der Waals surface area contributed by atoms with Crippen molar-refractivity contribution in [3.05, 3.63) is 67.3 Å². The van der Waals surface area contributed by atoms with Crippen LogP contribution in [0.25, 0.3) is 11.2 Å². The average Bonchev–Trinajstić information content (AvgIpc) is 3.64. The predicted octanol–water partition coefficient (Wildman–Crippen LogP) is 1.91. The van der Waals surface area contributed by atoms with E-state index in [2.05, 4.69) is 25.3 Å². The fourth-order valence-electron chi connectivity index (χ4n) is 4.29. The number of hydrogen-bond acceptors (Lipinski definition) is 9. The predicted molar refractivity (Wildman–Crippen MR) is 128 cm³/mol. The topological polar surface area (TPSA) is 149 Å². The molecule has 1 unspecified atom stereocenters. The Balaban J connectivity index is 1.46. The van der Waals surface area contributed by atoms with E-state index in [1.165, 1.54) is 12.7 Å². The van der Waals surface area contributed by atoms with Gasteiger partial charge in [-0.2, -0.15) is 0 Å². The van der Waals surface area contributed by atoms with Crippen LogP contribution in [0.15, 0.2) is 61.7 Å². The number of fused-ring (bicyclic) bond motifs is 1. The van der Waals surface area contributed by atoms with E-state index in [0.29, 0.717) is 23.1 Å². The Kier molecular flexibility index (Phi) is 7.00. The van der Waals surface area contributed by atoms with Gasteiger partial charge in [0.2, 0.25) is 0 Å². The molecule has 1 aliphatic rings. The molecule has 0 aliphatic carbocycles. The highest BCUT2D eigenvalue weighted by molar-refractivity contribution is 6.06. The summed E-state index contributed by atoms with van der Waals surface area (Å²) in [5.41, 5.74) is 1.21. The largest absolute Gasteiger partial charge is 0.394 e. The first-order valence-corrected chi connectivity index (χ1v) is 11.7. The van der Waals surface area contributed by atoms with Crippen LogP contribution in [-0.2, 0) is 9.47 Å². The average molecular weight is 494 g/mol. The first kappa shape index (κ1) is 24.0. The lowest BCUT2D eigenvalue weighted by Crippen LogP contribution is -2.37. The van der Waals surface area contributed by atoms with Crippen molar-refractivity contribution >= 4 is 22.9 Å². The van der Waals surface area contributed by atoms with Crippen molar-refractivity contribution in [2.45, 2.75) is 50.5 Å². The third-order valence-corrected chi connectivity index (χ3v) is 6.10. The molecular weight excluding hydrogens is 466 g/mol. The van der Waals surface area contributed by atoms with Crippen molar-refractivity contribution in [1.82, 2.24) is 29.1 Å². The third-order valence-electron chi connectivity index (χ3n) is 6.10. The first-order valence-electron chi connectivity index (χ1n) is 11.7. The van der Waals surface area contributed by atoms with Gasteiger partial charge in [0.1, 0.15) is 30.9 Å². The second-order valence-electron chi connectivity index (χ2n) is 8.46. The molecule has 1 aliphatic heterocycles. The van der Waals surface area contributed by atoms with Gasteiger partial charge in [0.25, 0.3) is 5.91 Å². The fourth-order valence-corrected chi connectivity index (χ4v) is 4.29. The van der Waals surface area contributed by atoms with Gasteiger partial charge in [-0.05, 0) is 18.6 Å². The quantitative estimate of drug-likeness (QED) is 0.318. The fraction of sp³-hybridized carbons (Fsp3) is 0.375. The molecule has 3 N–H and O–H groups in total. The Labute approximate surface area is 206 Å². The van der Waals surface area contributed by atoms with Gasteiger partial charge in [-0.3, -0.25) is 9.36 Å². The van der Waals surface area contributed by atoms with E-state index < -0.39 is 30.8 Å².